The van der Waals surface area contributed by atoms with Crippen LogP contribution < -0.4 is 20.2 Å². The minimum absolute atomic E-state index is 0.0320. The number of methoxy groups -OCH3 is 2. The zero-order valence-corrected chi connectivity index (χ0v) is 15.6. The molecular formula is C20H23N3O4. The molecule has 0 atom stereocenters. The van der Waals surface area contributed by atoms with E-state index in [2.05, 4.69) is 15.8 Å². The maximum absolute atomic E-state index is 11.9. The molecule has 2 rings (SSSR count). The van der Waals surface area contributed by atoms with Gasteiger partial charge >= 0.3 is 0 Å². The summed E-state index contributed by atoms with van der Waals surface area (Å²) in [5, 5.41) is 6.65. The lowest BCUT2D eigenvalue weighted by Gasteiger charge is -2.07. The molecule has 2 N–H and O–H groups in total. The summed E-state index contributed by atoms with van der Waals surface area (Å²) in [6.07, 6.45) is 1.56. The fourth-order valence-electron chi connectivity index (χ4n) is 2.26. The van der Waals surface area contributed by atoms with Gasteiger partial charge < -0.3 is 14.8 Å². The van der Waals surface area contributed by atoms with Gasteiger partial charge in [0.2, 0.25) is 11.8 Å². The Hall–Kier alpha value is -3.35. The number of anilines is 1. The van der Waals surface area contributed by atoms with Crippen LogP contribution >= 0.6 is 0 Å². The summed E-state index contributed by atoms with van der Waals surface area (Å²) in [6.45, 7) is 1.97. The lowest BCUT2D eigenvalue weighted by Crippen LogP contribution is -2.20. The van der Waals surface area contributed by atoms with Crippen LogP contribution in [-0.2, 0) is 9.59 Å². The molecule has 27 heavy (non-hydrogen) atoms. The Morgan fingerprint density at radius 1 is 1.00 bits per heavy atom. The number of hydrogen-bond donors (Lipinski definition) is 2. The van der Waals surface area contributed by atoms with Crippen LogP contribution in [0.5, 0.6) is 11.5 Å². The van der Waals surface area contributed by atoms with Gasteiger partial charge in [0.1, 0.15) is 11.5 Å². The van der Waals surface area contributed by atoms with E-state index >= 15 is 0 Å². The van der Waals surface area contributed by atoms with E-state index in [1.54, 1.807) is 32.4 Å². The van der Waals surface area contributed by atoms with E-state index in [0.717, 1.165) is 5.56 Å². The average molecular weight is 369 g/mol. The normalized spacial score (nSPS) is 10.5. The molecule has 0 aliphatic rings. The Morgan fingerprint density at radius 3 is 2.37 bits per heavy atom. The van der Waals surface area contributed by atoms with Crippen molar-refractivity contribution < 1.29 is 19.1 Å². The zero-order chi connectivity index (χ0) is 19.6. The van der Waals surface area contributed by atoms with Crippen LogP contribution in [0.2, 0.25) is 0 Å². The molecule has 0 spiro atoms. The largest absolute Gasteiger partial charge is 0.497 e. The Balaban J connectivity index is 1.81. The Kier molecular flexibility index (Phi) is 7.37. The highest BCUT2D eigenvalue weighted by atomic mass is 16.5. The van der Waals surface area contributed by atoms with Crippen molar-refractivity contribution in [3.8, 4) is 11.5 Å². The summed E-state index contributed by atoms with van der Waals surface area (Å²) in [5.41, 5.74) is 4.87. The van der Waals surface area contributed by atoms with Crippen molar-refractivity contribution in [1.29, 1.82) is 0 Å². The van der Waals surface area contributed by atoms with E-state index in [1.807, 2.05) is 31.2 Å². The number of benzene rings is 2. The van der Waals surface area contributed by atoms with E-state index in [9.17, 15) is 9.59 Å². The third-order valence-electron chi connectivity index (χ3n) is 3.74. The first-order valence-corrected chi connectivity index (χ1v) is 8.42. The van der Waals surface area contributed by atoms with Gasteiger partial charge in [0.25, 0.3) is 0 Å². The molecule has 7 nitrogen and oxygen atoms in total. The molecule has 0 aliphatic heterocycles. The predicted octanol–water partition coefficient (Wildman–Crippen LogP) is 2.88. The van der Waals surface area contributed by atoms with Crippen molar-refractivity contribution in [2.75, 3.05) is 19.5 Å². The molecule has 0 unspecified atom stereocenters. The van der Waals surface area contributed by atoms with Crippen LogP contribution in [0.3, 0.4) is 0 Å². The Labute approximate surface area is 158 Å². The number of ether oxygens (including phenoxy) is 2. The van der Waals surface area contributed by atoms with Crippen LogP contribution in [-0.4, -0.2) is 32.2 Å². The molecule has 0 saturated heterocycles. The monoisotopic (exact) mass is 369 g/mol. The quantitative estimate of drug-likeness (QED) is 0.553. The minimum atomic E-state index is -0.354. The number of rotatable bonds is 8. The van der Waals surface area contributed by atoms with Gasteiger partial charge in [-0.05, 0) is 37.3 Å². The summed E-state index contributed by atoms with van der Waals surface area (Å²) < 4.78 is 10.4. The second kappa shape index (κ2) is 9.96. The van der Waals surface area contributed by atoms with Gasteiger partial charge in [0, 0.05) is 24.1 Å². The first-order valence-electron chi connectivity index (χ1n) is 8.42. The summed E-state index contributed by atoms with van der Waals surface area (Å²) in [7, 11) is 3.11. The number of hydrogen-bond acceptors (Lipinski definition) is 5. The standard InChI is InChI=1S/C20H23N3O4/c1-14-4-6-16(7-5-14)22-19(24)10-11-20(25)23-21-13-15-12-17(26-2)8-9-18(15)27-3/h4-9,12-13H,10-11H2,1-3H3,(H,22,24)(H,23,25)/b21-13+. The molecule has 0 radical (unpaired) electrons. The molecule has 2 aromatic rings. The molecule has 0 heterocycles. The van der Waals surface area contributed by atoms with E-state index in [0.29, 0.717) is 22.7 Å². The number of aryl methyl sites for hydroxylation is 1. The highest BCUT2D eigenvalue weighted by Crippen LogP contribution is 2.22. The SMILES string of the molecule is COc1ccc(OC)c(/C=N/NC(=O)CCC(=O)Nc2ccc(C)cc2)c1. The van der Waals surface area contributed by atoms with Crippen molar-refractivity contribution in [3.63, 3.8) is 0 Å². The predicted molar refractivity (Wildman–Crippen MR) is 104 cm³/mol. The number of hydrazone groups is 1. The van der Waals surface area contributed by atoms with Gasteiger partial charge in [-0.2, -0.15) is 5.10 Å². The fraction of sp³-hybridized carbons (Fsp3) is 0.250. The third-order valence-corrected chi connectivity index (χ3v) is 3.74. The van der Waals surface area contributed by atoms with Crippen LogP contribution in [0, 0.1) is 6.92 Å². The second-order valence-corrected chi connectivity index (χ2v) is 5.82. The maximum atomic E-state index is 11.9. The first-order chi connectivity index (χ1) is 13.0. The highest BCUT2D eigenvalue weighted by Gasteiger charge is 2.07. The third kappa shape index (κ3) is 6.47. The fourth-order valence-corrected chi connectivity index (χ4v) is 2.26. The molecule has 2 amide bonds. The van der Waals surface area contributed by atoms with E-state index in [4.69, 9.17) is 9.47 Å². The van der Waals surface area contributed by atoms with E-state index < -0.39 is 0 Å². The van der Waals surface area contributed by atoms with Crippen molar-refractivity contribution in [2.24, 2.45) is 5.10 Å². The van der Waals surface area contributed by atoms with Crippen molar-refractivity contribution in [1.82, 2.24) is 5.43 Å². The topological polar surface area (TPSA) is 89.0 Å². The molecule has 0 bridgehead atoms. The molecule has 2 aromatic carbocycles. The van der Waals surface area contributed by atoms with Crippen molar-refractivity contribution in [2.45, 2.75) is 19.8 Å². The molecule has 0 aromatic heterocycles. The number of carbonyl (C=O) groups excluding carboxylic acids is 2. The lowest BCUT2D eigenvalue weighted by atomic mass is 10.2. The van der Waals surface area contributed by atoms with Crippen LogP contribution in [0.15, 0.2) is 47.6 Å². The summed E-state index contributed by atoms with van der Waals surface area (Å²) in [5.74, 6) is 0.669. The van der Waals surface area contributed by atoms with Crippen LogP contribution in [0.25, 0.3) is 0 Å². The highest BCUT2D eigenvalue weighted by molar-refractivity contribution is 5.93. The van der Waals surface area contributed by atoms with Crippen molar-refractivity contribution in [3.05, 3.63) is 53.6 Å². The van der Waals surface area contributed by atoms with Gasteiger partial charge in [0.05, 0.1) is 20.4 Å². The Morgan fingerprint density at radius 2 is 1.70 bits per heavy atom. The number of carbonyl (C=O) groups is 2. The number of nitrogens with one attached hydrogen (secondary N) is 2. The van der Waals surface area contributed by atoms with Crippen LogP contribution in [0.1, 0.15) is 24.0 Å². The molecule has 142 valence electrons. The summed E-state index contributed by atoms with van der Waals surface area (Å²) >= 11 is 0. The van der Waals surface area contributed by atoms with Crippen molar-refractivity contribution >= 4 is 23.7 Å². The average Bonchev–Trinajstić information content (AvgIpc) is 2.68. The van der Waals surface area contributed by atoms with Gasteiger partial charge in [-0.15, -0.1) is 0 Å². The van der Waals surface area contributed by atoms with E-state index in [1.165, 1.54) is 6.21 Å². The maximum Gasteiger partial charge on any atom is 0.240 e. The molecule has 0 saturated carbocycles. The van der Waals surface area contributed by atoms with Gasteiger partial charge in [-0.1, -0.05) is 17.7 Å². The van der Waals surface area contributed by atoms with Crippen LogP contribution in [0.4, 0.5) is 5.69 Å². The number of nitrogens with zero attached hydrogens (tertiary/aromatic N) is 1. The smallest absolute Gasteiger partial charge is 0.240 e. The molecular weight excluding hydrogens is 346 g/mol. The lowest BCUT2D eigenvalue weighted by molar-refractivity contribution is -0.124. The number of amides is 2. The Bertz CT molecular complexity index is 816. The van der Waals surface area contributed by atoms with Gasteiger partial charge in [-0.25, -0.2) is 5.43 Å². The second-order valence-electron chi connectivity index (χ2n) is 5.82. The molecule has 0 aliphatic carbocycles. The minimum Gasteiger partial charge on any atom is -0.497 e. The van der Waals surface area contributed by atoms with Gasteiger partial charge in [0.15, 0.2) is 0 Å². The summed E-state index contributed by atoms with van der Waals surface area (Å²) in [6, 6.07) is 12.7. The molecule has 0 fully saturated rings. The first kappa shape index (κ1) is 20.0. The zero-order valence-electron chi connectivity index (χ0n) is 15.6. The van der Waals surface area contributed by atoms with E-state index in [-0.39, 0.29) is 24.7 Å². The molecule has 7 heteroatoms. The van der Waals surface area contributed by atoms with Gasteiger partial charge in [-0.3, -0.25) is 9.59 Å². The summed E-state index contributed by atoms with van der Waals surface area (Å²) in [4.78, 5) is 23.7.